The maximum absolute atomic E-state index is 9.60. The van der Waals surface area contributed by atoms with Crippen molar-refractivity contribution in [2.24, 2.45) is 0 Å². The van der Waals surface area contributed by atoms with E-state index in [0.29, 0.717) is 6.04 Å². The fourth-order valence-electron chi connectivity index (χ4n) is 1.83. The summed E-state index contributed by atoms with van der Waals surface area (Å²) in [5, 5.41) is 9.60. The zero-order chi connectivity index (χ0) is 9.97. The lowest BCUT2D eigenvalue weighted by Gasteiger charge is -2.07. The Balaban J connectivity index is 1.85. The van der Waals surface area contributed by atoms with E-state index in [-0.39, 0.29) is 6.10 Å². The second-order valence-electron chi connectivity index (χ2n) is 3.96. The maximum Gasteiger partial charge on any atom is 0.0705 e. The fourth-order valence-corrected chi connectivity index (χ4v) is 1.83. The van der Waals surface area contributed by atoms with Crippen molar-refractivity contribution in [3.05, 3.63) is 35.9 Å². The summed E-state index contributed by atoms with van der Waals surface area (Å²) >= 11 is 0. The molecule has 0 saturated carbocycles. The highest BCUT2D eigenvalue weighted by atomic mass is 16.3. The topological polar surface area (TPSA) is 23.2 Å². The summed E-state index contributed by atoms with van der Waals surface area (Å²) in [6.07, 6.45) is 0.717. The van der Waals surface area contributed by atoms with Crippen LogP contribution in [0.1, 0.15) is 18.9 Å². The van der Waals surface area contributed by atoms with Crippen LogP contribution >= 0.6 is 0 Å². The van der Waals surface area contributed by atoms with E-state index in [0.717, 1.165) is 19.5 Å². The Hall–Kier alpha value is -0.860. The van der Waals surface area contributed by atoms with E-state index in [1.165, 1.54) is 5.56 Å². The molecule has 0 aliphatic carbocycles. The smallest absolute Gasteiger partial charge is 0.0705 e. The van der Waals surface area contributed by atoms with Crippen LogP contribution in [0.2, 0.25) is 0 Å². The Morgan fingerprint density at radius 1 is 1.43 bits per heavy atom. The Morgan fingerprint density at radius 3 is 2.79 bits per heavy atom. The van der Waals surface area contributed by atoms with Gasteiger partial charge < -0.3 is 5.11 Å². The van der Waals surface area contributed by atoms with Gasteiger partial charge in [-0.1, -0.05) is 37.3 Å². The van der Waals surface area contributed by atoms with Gasteiger partial charge >= 0.3 is 0 Å². The van der Waals surface area contributed by atoms with Crippen LogP contribution in [-0.4, -0.2) is 28.7 Å². The lowest BCUT2D eigenvalue weighted by atomic mass is 10.2. The average molecular weight is 191 g/mol. The Bertz CT molecular complexity index is 286. The van der Waals surface area contributed by atoms with Gasteiger partial charge in [-0.25, -0.2) is 0 Å². The van der Waals surface area contributed by atoms with Crippen molar-refractivity contribution in [3.63, 3.8) is 0 Å². The normalized spacial score (nSPS) is 27.3. The second-order valence-corrected chi connectivity index (χ2v) is 3.96. The van der Waals surface area contributed by atoms with Crippen LogP contribution in [0.15, 0.2) is 30.3 Å². The molecule has 2 nitrogen and oxygen atoms in total. The molecule has 2 heteroatoms. The molecule has 0 aromatic heterocycles. The molecule has 1 aliphatic heterocycles. The zero-order valence-corrected chi connectivity index (χ0v) is 8.56. The van der Waals surface area contributed by atoms with Crippen molar-refractivity contribution in [1.82, 2.24) is 4.90 Å². The van der Waals surface area contributed by atoms with E-state index in [9.17, 15) is 5.11 Å². The van der Waals surface area contributed by atoms with Crippen LogP contribution in [0.5, 0.6) is 0 Å². The third-order valence-electron chi connectivity index (χ3n) is 2.85. The fraction of sp³-hybridized carbons (Fsp3) is 0.500. The molecule has 1 aromatic rings. The number of aliphatic hydroxyl groups is 1. The van der Waals surface area contributed by atoms with Gasteiger partial charge in [0.15, 0.2) is 0 Å². The highest BCUT2D eigenvalue weighted by molar-refractivity contribution is 5.16. The first-order chi connectivity index (χ1) is 6.81. The summed E-state index contributed by atoms with van der Waals surface area (Å²) in [5.74, 6) is 0. The minimum Gasteiger partial charge on any atom is -0.391 e. The summed E-state index contributed by atoms with van der Waals surface area (Å²) in [7, 11) is 0. The van der Waals surface area contributed by atoms with Crippen LogP contribution < -0.4 is 0 Å². The Labute approximate surface area is 85.2 Å². The van der Waals surface area contributed by atoms with Crippen LogP contribution in [0, 0.1) is 0 Å². The van der Waals surface area contributed by atoms with Crippen molar-refractivity contribution in [1.29, 1.82) is 0 Å². The summed E-state index contributed by atoms with van der Waals surface area (Å²) in [4.78, 5) is 2.31. The summed E-state index contributed by atoms with van der Waals surface area (Å²) < 4.78 is 0. The van der Waals surface area contributed by atoms with E-state index in [1.54, 1.807) is 0 Å². The molecule has 14 heavy (non-hydrogen) atoms. The Morgan fingerprint density at radius 2 is 2.14 bits per heavy atom. The molecule has 1 fully saturated rings. The van der Waals surface area contributed by atoms with Gasteiger partial charge in [-0.05, 0) is 12.0 Å². The SMILES string of the molecule is CC[C@@H](O)[C@@H]1CN1Cc1ccccc1. The molecule has 0 radical (unpaired) electrons. The number of rotatable bonds is 4. The predicted octanol–water partition coefficient (Wildman–Crippen LogP) is 1.64. The summed E-state index contributed by atoms with van der Waals surface area (Å²) in [6.45, 7) is 4.05. The van der Waals surface area contributed by atoms with Crippen LogP contribution in [0.25, 0.3) is 0 Å². The van der Waals surface area contributed by atoms with Crippen LogP contribution in [0.3, 0.4) is 0 Å². The number of hydrogen-bond donors (Lipinski definition) is 1. The molecule has 2 rings (SSSR count). The molecule has 1 heterocycles. The third kappa shape index (κ3) is 2.14. The van der Waals surface area contributed by atoms with E-state index < -0.39 is 0 Å². The highest BCUT2D eigenvalue weighted by Crippen LogP contribution is 2.25. The molecule has 0 bridgehead atoms. The molecule has 1 N–H and O–H groups in total. The van der Waals surface area contributed by atoms with Crippen molar-refractivity contribution >= 4 is 0 Å². The average Bonchev–Trinajstić information content (AvgIpc) is 2.98. The predicted molar refractivity (Wildman–Crippen MR) is 56.9 cm³/mol. The van der Waals surface area contributed by atoms with E-state index in [1.807, 2.05) is 13.0 Å². The molecule has 0 spiro atoms. The number of aliphatic hydroxyl groups excluding tert-OH is 1. The minimum absolute atomic E-state index is 0.140. The first-order valence-electron chi connectivity index (χ1n) is 5.27. The van der Waals surface area contributed by atoms with Gasteiger partial charge in [0.1, 0.15) is 0 Å². The number of hydrogen-bond acceptors (Lipinski definition) is 2. The van der Waals surface area contributed by atoms with E-state index >= 15 is 0 Å². The summed E-state index contributed by atoms with van der Waals surface area (Å²) in [6, 6.07) is 10.8. The van der Waals surface area contributed by atoms with Crippen molar-refractivity contribution in [3.8, 4) is 0 Å². The molecule has 1 aromatic carbocycles. The highest BCUT2D eigenvalue weighted by Gasteiger charge is 2.38. The standard InChI is InChI=1S/C12H17NO/c1-2-12(14)11-9-13(11)8-10-6-4-3-5-7-10/h3-7,11-12,14H,2,8-9H2,1H3/t11-,12+,13?/m0/s1. The van der Waals surface area contributed by atoms with Gasteiger partial charge in [0, 0.05) is 19.1 Å². The van der Waals surface area contributed by atoms with Gasteiger partial charge in [-0.15, -0.1) is 0 Å². The van der Waals surface area contributed by atoms with Crippen LogP contribution in [-0.2, 0) is 6.54 Å². The van der Waals surface area contributed by atoms with Gasteiger partial charge in [-0.3, -0.25) is 4.90 Å². The lowest BCUT2D eigenvalue weighted by Crippen LogP contribution is -2.17. The van der Waals surface area contributed by atoms with E-state index in [4.69, 9.17) is 0 Å². The molecule has 3 atom stereocenters. The maximum atomic E-state index is 9.60. The summed E-state index contributed by atoms with van der Waals surface area (Å²) in [5.41, 5.74) is 1.33. The molecular formula is C12H17NO. The minimum atomic E-state index is -0.140. The molecule has 0 amide bonds. The Kier molecular flexibility index (Phi) is 2.85. The van der Waals surface area contributed by atoms with Gasteiger partial charge in [-0.2, -0.15) is 0 Å². The molecule has 1 saturated heterocycles. The molecular weight excluding hydrogens is 174 g/mol. The monoisotopic (exact) mass is 191 g/mol. The second kappa shape index (κ2) is 4.11. The van der Waals surface area contributed by atoms with Crippen molar-refractivity contribution < 1.29 is 5.11 Å². The number of benzene rings is 1. The van der Waals surface area contributed by atoms with Crippen LogP contribution in [0.4, 0.5) is 0 Å². The van der Waals surface area contributed by atoms with Gasteiger partial charge in [0.2, 0.25) is 0 Å². The number of nitrogens with zero attached hydrogens (tertiary/aromatic N) is 1. The lowest BCUT2D eigenvalue weighted by molar-refractivity contribution is 0.150. The quantitative estimate of drug-likeness (QED) is 0.731. The first-order valence-corrected chi connectivity index (χ1v) is 5.27. The largest absolute Gasteiger partial charge is 0.391 e. The molecule has 1 aliphatic rings. The molecule has 76 valence electrons. The third-order valence-corrected chi connectivity index (χ3v) is 2.85. The van der Waals surface area contributed by atoms with Gasteiger partial charge in [0.25, 0.3) is 0 Å². The van der Waals surface area contributed by atoms with Gasteiger partial charge in [0.05, 0.1) is 6.10 Å². The molecule has 1 unspecified atom stereocenters. The van der Waals surface area contributed by atoms with Crippen molar-refractivity contribution in [2.45, 2.75) is 32.0 Å². The van der Waals surface area contributed by atoms with Crippen molar-refractivity contribution in [2.75, 3.05) is 6.54 Å². The zero-order valence-electron chi connectivity index (χ0n) is 8.56. The van der Waals surface area contributed by atoms with E-state index in [2.05, 4.69) is 29.2 Å². The first kappa shape index (κ1) is 9.69.